The molecule has 1 atom stereocenters. The molecule has 2 aliphatic heterocycles. The van der Waals surface area contributed by atoms with Gasteiger partial charge in [0.05, 0.1) is 11.7 Å². The van der Waals surface area contributed by atoms with Gasteiger partial charge in [-0.2, -0.15) is 0 Å². The lowest BCUT2D eigenvalue weighted by atomic mass is 9.88. The average Bonchev–Trinajstić information content (AvgIpc) is 3.20. The van der Waals surface area contributed by atoms with Crippen LogP contribution in [0.25, 0.3) is 11.0 Å². The summed E-state index contributed by atoms with van der Waals surface area (Å²) in [7, 11) is 0. The van der Waals surface area contributed by atoms with Crippen LogP contribution in [0.3, 0.4) is 0 Å². The lowest BCUT2D eigenvalue weighted by molar-refractivity contribution is -0.120. The molecule has 0 radical (unpaired) electrons. The molecule has 2 saturated heterocycles. The van der Waals surface area contributed by atoms with Gasteiger partial charge >= 0.3 is 0 Å². The Morgan fingerprint density at radius 3 is 3.00 bits per heavy atom. The maximum absolute atomic E-state index is 11.1. The van der Waals surface area contributed by atoms with Crippen LogP contribution in [0, 0.1) is 0 Å². The first-order valence-corrected chi connectivity index (χ1v) is 8.75. The monoisotopic (exact) mass is 328 g/mol. The number of fused-ring (bicyclic) bond motifs is 1. The van der Waals surface area contributed by atoms with E-state index in [0.29, 0.717) is 6.54 Å². The van der Waals surface area contributed by atoms with Crippen molar-refractivity contribution in [3.05, 3.63) is 24.4 Å². The smallest absolute Gasteiger partial charge is 0.216 e. The van der Waals surface area contributed by atoms with Gasteiger partial charge in [0.15, 0.2) is 0 Å². The Labute approximate surface area is 141 Å². The molecule has 2 aromatic heterocycles. The molecule has 2 aromatic rings. The van der Waals surface area contributed by atoms with Crippen molar-refractivity contribution in [2.75, 3.05) is 24.5 Å². The van der Waals surface area contributed by atoms with Crippen LogP contribution in [-0.2, 0) is 9.53 Å². The van der Waals surface area contributed by atoms with Gasteiger partial charge in [-0.25, -0.2) is 4.98 Å². The molecule has 0 aromatic carbocycles. The standard InChI is InChI=1S/C18H24N4O2/c1-13(23)20-12-15-4-6-18(24-15)7-10-22(11-8-18)16-3-2-14-5-9-19-17(14)21-16/h2-3,5,9,15H,4,6-8,10-12H2,1H3,(H,19,21)(H,20,23)/t15-/m0/s1. The highest BCUT2D eigenvalue weighted by Crippen LogP contribution is 2.39. The number of piperidine rings is 1. The van der Waals surface area contributed by atoms with E-state index in [9.17, 15) is 4.79 Å². The molecule has 2 N–H and O–H groups in total. The summed E-state index contributed by atoms with van der Waals surface area (Å²) in [6.07, 6.45) is 6.26. The fourth-order valence-electron chi connectivity index (χ4n) is 3.90. The molecule has 1 spiro atoms. The van der Waals surface area contributed by atoms with Crippen LogP contribution in [0.2, 0.25) is 0 Å². The van der Waals surface area contributed by atoms with E-state index in [1.54, 1.807) is 6.92 Å². The molecule has 1 amide bonds. The SMILES string of the molecule is CC(=O)NC[C@@H]1CCC2(CCN(c3ccc4cc[nH]c4n3)CC2)O1. The number of ether oxygens (including phenoxy) is 1. The summed E-state index contributed by atoms with van der Waals surface area (Å²) in [6, 6.07) is 6.26. The summed E-state index contributed by atoms with van der Waals surface area (Å²) >= 11 is 0. The van der Waals surface area contributed by atoms with Crippen molar-refractivity contribution >= 4 is 22.8 Å². The number of pyridine rings is 1. The van der Waals surface area contributed by atoms with E-state index in [1.807, 2.05) is 12.3 Å². The third-order valence-electron chi connectivity index (χ3n) is 5.31. The summed E-state index contributed by atoms with van der Waals surface area (Å²) < 4.78 is 6.31. The summed E-state index contributed by atoms with van der Waals surface area (Å²) in [6.45, 7) is 4.11. The number of hydrogen-bond acceptors (Lipinski definition) is 4. The van der Waals surface area contributed by atoms with E-state index in [2.05, 4.69) is 27.3 Å². The van der Waals surface area contributed by atoms with E-state index < -0.39 is 0 Å². The van der Waals surface area contributed by atoms with Crippen LogP contribution in [0.5, 0.6) is 0 Å². The quantitative estimate of drug-likeness (QED) is 0.906. The zero-order valence-electron chi connectivity index (χ0n) is 14.0. The van der Waals surface area contributed by atoms with Crippen LogP contribution >= 0.6 is 0 Å². The Bertz CT molecular complexity index is 733. The Kier molecular flexibility index (Phi) is 3.92. The fraction of sp³-hybridized carbons (Fsp3) is 0.556. The molecule has 0 aliphatic carbocycles. The van der Waals surface area contributed by atoms with Crippen LogP contribution in [0.15, 0.2) is 24.4 Å². The van der Waals surface area contributed by atoms with Crippen LogP contribution in [-0.4, -0.2) is 47.2 Å². The zero-order valence-corrected chi connectivity index (χ0v) is 14.0. The van der Waals surface area contributed by atoms with Gasteiger partial charge in [-0.05, 0) is 43.9 Å². The number of carbonyl (C=O) groups excluding carboxylic acids is 1. The van der Waals surface area contributed by atoms with Gasteiger partial charge in [0, 0.05) is 38.1 Å². The zero-order chi connectivity index (χ0) is 16.6. The minimum absolute atomic E-state index is 0.00380. The number of aromatic amines is 1. The first-order valence-electron chi connectivity index (χ1n) is 8.75. The van der Waals surface area contributed by atoms with E-state index in [0.717, 1.165) is 55.6 Å². The van der Waals surface area contributed by atoms with Crippen molar-refractivity contribution in [3.8, 4) is 0 Å². The van der Waals surface area contributed by atoms with Crippen molar-refractivity contribution in [1.82, 2.24) is 15.3 Å². The minimum atomic E-state index is -0.00380. The van der Waals surface area contributed by atoms with Crippen LogP contribution in [0.4, 0.5) is 5.82 Å². The second-order valence-electron chi connectivity index (χ2n) is 6.97. The van der Waals surface area contributed by atoms with Crippen molar-refractivity contribution in [2.45, 2.75) is 44.3 Å². The number of carbonyl (C=O) groups is 1. The number of anilines is 1. The van der Waals surface area contributed by atoms with E-state index >= 15 is 0 Å². The normalized spacial score (nSPS) is 23.0. The van der Waals surface area contributed by atoms with E-state index in [-0.39, 0.29) is 17.6 Å². The van der Waals surface area contributed by atoms with Gasteiger partial charge in [0.1, 0.15) is 11.5 Å². The molecule has 4 rings (SSSR count). The maximum atomic E-state index is 11.1. The van der Waals surface area contributed by atoms with Gasteiger partial charge in [0.2, 0.25) is 5.91 Å². The van der Waals surface area contributed by atoms with E-state index in [4.69, 9.17) is 9.72 Å². The Balaban J connectivity index is 1.37. The number of amides is 1. The number of H-pyrrole nitrogens is 1. The predicted molar refractivity (Wildman–Crippen MR) is 93.1 cm³/mol. The van der Waals surface area contributed by atoms with Crippen molar-refractivity contribution in [2.24, 2.45) is 0 Å². The van der Waals surface area contributed by atoms with Gasteiger partial charge < -0.3 is 19.9 Å². The Morgan fingerprint density at radius 2 is 2.21 bits per heavy atom. The third-order valence-corrected chi connectivity index (χ3v) is 5.31. The molecule has 128 valence electrons. The second-order valence-corrected chi connectivity index (χ2v) is 6.97. The van der Waals surface area contributed by atoms with Gasteiger partial charge in [-0.3, -0.25) is 4.79 Å². The summed E-state index contributed by atoms with van der Waals surface area (Å²) in [5, 5.41) is 4.02. The number of nitrogens with one attached hydrogen (secondary N) is 2. The number of rotatable bonds is 3. The van der Waals surface area contributed by atoms with Gasteiger partial charge in [-0.15, -0.1) is 0 Å². The molecule has 0 saturated carbocycles. The molecule has 4 heterocycles. The first kappa shape index (κ1) is 15.4. The topological polar surface area (TPSA) is 70.2 Å². The lowest BCUT2D eigenvalue weighted by Gasteiger charge is -2.39. The van der Waals surface area contributed by atoms with Gasteiger partial charge in [0.25, 0.3) is 0 Å². The average molecular weight is 328 g/mol. The number of hydrogen-bond donors (Lipinski definition) is 2. The molecule has 24 heavy (non-hydrogen) atoms. The Hall–Kier alpha value is -2.08. The number of nitrogens with zero attached hydrogens (tertiary/aromatic N) is 2. The molecule has 6 heteroatoms. The largest absolute Gasteiger partial charge is 0.370 e. The summed E-state index contributed by atoms with van der Waals surface area (Å²) in [4.78, 5) is 21.3. The van der Waals surface area contributed by atoms with Crippen molar-refractivity contribution < 1.29 is 9.53 Å². The molecular weight excluding hydrogens is 304 g/mol. The molecule has 2 aliphatic rings. The summed E-state index contributed by atoms with van der Waals surface area (Å²) in [5.74, 6) is 1.05. The number of aromatic nitrogens is 2. The fourth-order valence-corrected chi connectivity index (χ4v) is 3.90. The lowest BCUT2D eigenvalue weighted by Crippen LogP contribution is -2.45. The molecule has 0 unspecified atom stereocenters. The molecule has 6 nitrogen and oxygen atoms in total. The predicted octanol–water partition coefficient (Wildman–Crippen LogP) is 2.22. The summed E-state index contributed by atoms with van der Waals surface area (Å²) in [5.41, 5.74) is 0.941. The first-order chi connectivity index (χ1) is 11.6. The van der Waals surface area contributed by atoms with Gasteiger partial charge in [-0.1, -0.05) is 0 Å². The van der Waals surface area contributed by atoms with E-state index in [1.165, 1.54) is 0 Å². The highest BCUT2D eigenvalue weighted by Gasteiger charge is 2.42. The van der Waals surface area contributed by atoms with Crippen molar-refractivity contribution in [3.63, 3.8) is 0 Å². The second kappa shape index (κ2) is 6.09. The van der Waals surface area contributed by atoms with Crippen LogP contribution in [0.1, 0.15) is 32.6 Å². The van der Waals surface area contributed by atoms with Crippen LogP contribution < -0.4 is 10.2 Å². The molecule has 0 bridgehead atoms. The molecule has 2 fully saturated rings. The third kappa shape index (κ3) is 2.98. The highest BCUT2D eigenvalue weighted by molar-refractivity contribution is 5.77. The maximum Gasteiger partial charge on any atom is 0.216 e. The minimum Gasteiger partial charge on any atom is -0.370 e. The van der Waals surface area contributed by atoms with Crippen molar-refractivity contribution in [1.29, 1.82) is 0 Å². The highest BCUT2D eigenvalue weighted by atomic mass is 16.5. The molecular formula is C18H24N4O2. The Morgan fingerprint density at radius 1 is 1.38 bits per heavy atom.